The van der Waals surface area contributed by atoms with E-state index in [0.29, 0.717) is 18.3 Å². The fourth-order valence-corrected chi connectivity index (χ4v) is 3.63. The lowest BCUT2D eigenvalue weighted by atomic mass is 9.74. The van der Waals surface area contributed by atoms with E-state index in [1.807, 2.05) is 0 Å². The van der Waals surface area contributed by atoms with Gasteiger partial charge in [0.25, 0.3) is 0 Å². The summed E-state index contributed by atoms with van der Waals surface area (Å²) in [6.45, 7) is 6.11. The van der Waals surface area contributed by atoms with E-state index in [0.717, 1.165) is 19.3 Å². The fourth-order valence-electron chi connectivity index (χ4n) is 2.68. The van der Waals surface area contributed by atoms with Gasteiger partial charge < -0.3 is 5.11 Å². The van der Waals surface area contributed by atoms with Crippen LogP contribution in [0, 0.1) is 17.8 Å². The normalized spacial score (nSPS) is 30.8. The SMILES string of the molecule is CCS(=O)(=O)CCC1CC(C(C)C)CCC1O. The third-order valence-corrected chi connectivity index (χ3v) is 5.90. The molecule has 17 heavy (non-hydrogen) atoms. The molecule has 102 valence electrons. The first-order valence-corrected chi connectivity index (χ1v) is 8.56. The lowest BCUT2D eigenvalue weighted by Crippen LogP contribution is -2.32. The van der Waals surface area contributed by atoms with Gasteiger partial charge in [0, 0.05) is 5.75 Å². The molecule has 0 amide bonds. The highest BCUT2D eigenvalue weighted by molar-refractivity contribution is 7.91. The van der Waals surface area contributed by atoms with Crippen LogP contribution >= 0.6 is 0 Å². The standard InChI is InChI=1S/C13H26O3S/c1-4-17(15,16)8-7-12-9-11(10(2)3)5-6-13(12)14/h10-14H,4-9H2,1-3H3. The van der Waals surface area contributed by atoms with Crippen LogP contribution in [0.5, 0.6) is 0 Å². The first kappa shape index (κ1) is 15.0. The zero-order chi connectivity index (χ0) is 13.1. The third kappa shape index (κ3) is 4.59. The Balaban J connectivity index is 2.51. The summed E-state index contributed by atoms with van der Waals surface area (Å²) in [5.41, 5.74) is 0. The van der Waals surface area contributed by atoms with Crippen LogP contribution in [0.1, 0.15) is 46.5 Å². The summed E-state index contributed by atoms with van der Waals surface area (Å²) in [4.78, 5) is 0. The van der Waals surface area contributed by atoms with E-state index in [1.54, 1.807) is 6.92 Å². The van der Waals surface area contributed by atoms with E-state index in [4.69, 9.17) is 0 Å². The summed E-state index contributed by atoms with van der Waals surface area (Å²) in [5.74, 6) is 1.90. The van der Waals surface area contributed by atoms with Crippen molar-refractivity contribution in [1.29, 1.82) is 0 Å². The maximum absolute atomic E-state index is 11.5. The molecule has 0 aromatic rings. The van der Waals surface area contributed by atoms with E-state index in [1.165, 1.54) is 0 Å². The number of aliphatic hydroxyl groups excluding tert-OH is 1. The van der Waals surface area contributed by atoms with Gasteiger partial charge >= 0.3 is 0 Å². The van der Waals surface area contributed by atoms with Crippen LogP contribution in [-0.4, -0.2) is 31.1 Å². The molecule has 1 fully saturated rings. The summed E-state index contributed by atoms with van der Waals surface area (Å²) in [7, 11) is -2.89. The maximum Gasteiger partial charge on any atom is 0.150 e. The van der Waals surface area contributed by atoms with Gasteiger partial charge in [0.2, 0.25) is 0 Å². The minimum atomic E-state index is -2.89. The molecule has 3 unspecified atom stereocenters. The molecule has 0 saturated heterocycles. The molecule has 3 nitrogen and oxygen atoms in total. The van der Waals surface area contributed by atoms with E-state index in [9.17, 15) is 13.5 Å². The largest absolute Gasteiger partial charge is 0.393 e. The zero-order valence-corrected chi connectivity index (χ0v) is 12.0. The minimum Gasteiger partial charge on any atom is -0.393 e. The van der Waals surface area contributed by atoms with Gasteiger partial charge in [0.1, 0.15) is 9.84 Å². The second-order valence-electron chi connectivity index (χ2n) is 5.67. The Morgan fingerprint density at radius 3 is 2.47 bits per heavy atom. The fraction of sp³-hybridized carbons (Fsp3) is 1.00. The van der Waals surface area contributed by atoms with Crippen molar-refractivity contribution in [3.63, 3.8) is 0 Å². The highest BCUT2D eigenvalue weighted by Gasteiger charge is 2.31. The lowest BCUT2D eigenvalue weighted by molar-refractivity contribution is 0.0363. The van der Waals surface area contributed by atoms with Crippen molar-refractivity contribution >= 4 is 9.84 Å². The van der Waals surface area contributed by atoms with Gasteiger partial charge in [-0.15, -0.1) is 0 Å². The Hall–Kier alpha value is -0.0900. The number of rotatable bonds is 5. The molecule has 1 aliphatic carbocycles. The topological polar surface area (TPSA) is 54.4 Å². The molecule has 0 aromatic heterocycles. The average molecular weight is 262 g/mol. The van der Waals surface area contributed by atoms with Crippen LogP contribution in [0.15, 0.2) is 0 Å². The number of hydrogen-bond donors (Lipinski definition) is 1. The summed E-state index contributed by atoms with van der Waals surface area (Å²) >= 11 is 0. The van der Waals surface area contributed by atoms with Gasteiger partial charge in [0.15, 0.2) is 0 Å². The molecule has 1 rings (SSSR count). The molecule has 0 bridgehead atoms. The maximum atomic E-state index is 11.5. The molecule has 0 spiro atoms. The monoisotopic (exact) mass is 262 g/mol. The molecule has 0 aliphatic heterocycles. The first-order valence-electron chi connectivity index (χ1n) is 6.74. The van der Waals surface area contributed by atoms with E-state index >= 15 is 0 Å². The highest BCUT2D eigenvalue weighted by atomic mass is 32.2. The van der Waals surface area contributed by atoms with Crippen LogP contribution in [-0.2, 0) is 9.84 Å². The van der Waals surface area contributed by atoms with Crippen LogP contribution in [0.25, 0.3) is 0 Å². The minimum absolute atomic E-state index is 0.178. The average Bonchev–Trinajstić information content (AvgIpc) is 2.27. The van der Waals surface area contributed by atoms with Gasteiger partial charge in [-0.05, 0) is 43.4 Å². The van der Waals surface area contributed by atoms with Gasteiger partial charge in [-0.2, -0.15) is 0 Å². The number of hydrogen-bond acceptors (Lipinski definition) is 3. The van der Waals surface area contributed by atoms with Crippen molar-refractivity contribution in [2.75, 3.05) is 11.5 Å². The second-order valence-corrected chi connectivity index (χ2v) is 8.14. The van der Waals surface area contributed by atoms with Gasteiger partial charge in [-0.1, -0.05) is 20.8 Å². The molecule has 0 aromatic carbocycles. The Kier molecular flexibility index (Phi) is 5.45. The Morgan fingerprint density at radius 2 is 1.94 bits per heavy atom. The Morgan fingerprint density at radius 1 is 1.29 bits per heavy atom. The van der Waals surface area contributed by atoms with Crippen LogP contribution in [0.2, 0.25) is 0 Å². The molecule has 1 N–H and O–H groups in total. The summed E-state index contributed by atoms with van der Waals surface area (Å²) in [6, 6.07) is 0. The number of sulfone groups is 1. The van der Waals surface area contributed by atoms with Crippen LogP contribution in [0.4, 0.5) is 0 Å². The number of aliphatic hydroxyl groups is 1. The van der Waals surface area contributed by atoms with Crippen LogP contribution in [0.3, 0.4) is 0 Å². The zero-order valence-electron chi connectivity index (χ0n) is 11.2. The molecule has 1 saturated carbocycles. The smallest absolute Gasteiger partial charge is 0.150 e. The lowest BCUT2D eigenvalue weighted by Gasteiger charge is -2.35. The summed E-state index contributed by atoms with van der Waals surface area (Å²) in [5, 5.41) is 9.94. The van der Waals surface area contributed by atoms with E-state index < -0.39 is 9.84 Å². The molecule has 4 heteroatoms. The second kappa shape index (κ2) is 6.19. The van der Waals surface area contributed by atoms with Crippen molar-refractivity contribution < 1.29 is 13.5 Å². The van der Waals surface area contributed by atoms with Crippen LogP contribution < -0.4 is 0 Å². The Bertz CT molecular complexity index is 322. The van der Waals surface area contributed by atoms with Gasteiger partial charge in [-0.25, -0.2) is 8.42 Å². The Labute approximate surface area is 106 Å². The molecular formula is C13H26O3S. The van der Waals surface area contributed by atoms with E-state index in [-0.39, 0.29) is 23.5 Å². The van der Waals surface area contributed by atoms with Gasteiger partial charge in [-0.3, -0.25) is 0 Å². The predicted octanol–water partition coefficient (Wildman–Crippen LogP) is 2.24. The summed E-state index contributed by atoms with van der Waals surface area (Å²) in [6.07, 6.45) is 3.23. The highest BCUT2D eigenvalue weighted by Crippen LogP contribution is 2.35. The van der Waals surface area contributed by atoms with Crippen molar-refractivity contribution in [2.45, 2.75) is 52.6 Å². The molecule has 0 heterocycles. The van der Waals surface area contributed by atoms with E-state index in [2.05, 4.69) is 13.8 Å². The molecule has 0 radical (unpaired) electrons. The molecule has 1 aliphatic rings. The first-order chi connectivity index (χ1) is 7.85. The van der Waals surface area contributed by atoms with Crippen molar-refractivity contribution in [2.24, 2.45) is 17.8 Å². The third-order valence-electron chi connectivity index (χ3n) is 4.17. The van der Waals surface area contributed by atoms with Crippen molar-refractivity contribution in [3.8, 4) is 0 Å². The quantitative estimate of drug-likeness (QED) is 0.826. The molecule has 3 atom stereocenters. The van der Waals surface area contributed by atoms with Crippen molar-refractivity contribution in [3.05, 3.63) is 0 Å². The molecular weight excluding hydrogens is 236 g/mol. The van der Waals surface area contributed by atoms with Gasteiger partial charge in [0.05, 0.1) is 11.9 Å². The summed E-state index contributed by atoms with van der Waals surface area (Å²) < 4.78 is 23.0. The van der Waals surface area contributed by atoms with Crippen molar-refractivity contribution in [1.82, 2.24) is 0 Å². The predicted molar refractivity (Wildman–Crippen MR) is 70.6 cm³/mol.